The fraction of sp³-hybridized carbons (Fsp3) is 0.400. The Morgan fingerprint density at radius 2 is 1.73 bits per heavy atom. The third kappa shape index (κ3) is 12.4. The van der Waals surface area contributed by atoms with E-state index < -0.39 is 5.83 Å². The minimum atomic E-state index is -0.426. The molecule has 0 aliphatic carbocycles. The topological polar surface area (TPSA) is 0 Å². The molecule has 0 aliphatic rings. The van der Waals surface area contributed by atoms with Crippen molar-refractivity contribution in [3.8, 4) is 0 Å². The zero-order valence-electron chi connectivity index (χ0n) is 7.65. The number of hydrogen-bond donors (Lipinski definition) is 0. The van der Waals surface area contributed by atoms with Gasteiger partial charge in [0.15, 0.2) is 0 Å². The Morgan fingerprint density at radius 1 is 1.27 bits per heavy atom. The number of hydrogen-bond acceptors (Lipinski definition) is 0. The van der Waals surface area contributed by atoms with Gasteiger partial charge in [0.1, 0.15) is 5.83 Å². The molecule has 64 valence electrons. The summed E-state index contributed by atoms with van der Waals surface area (Å²) in [6.45, 7) is 12.7. The van der Waals surface area contributed by atoms with Crippen molar-refractivity contribution in [1.29, 1.82) is 0 Å². The minimum Gasteiger partial charge on any atom is -0.208 e. The highest BCUT2D eigenvalue weighted by Crippen LogP contribution is 2.01. The van der Waals surface area contributed by atoms with Crippen LogP contribution < -0.4 is 0 Å². The monoisotopic (exact) mass is 156 g/mol. The van der Waals surface area contributed by atoms with Crippen molar-refractivity contribution in [2.24, 2.45) is 0 Å². The molecule has 1 heteroatoms. The fourth-order valence-electron chi connectivity index (χ4n) is 0.326. The van der Waals surface area contributed by atoms with Gasteiger partial charge in [0.2, 0.25) is 0 Å². The highest BCUT2D eigenvalue weighted by molar-refractivity contribution is 5.20. The molecule has 0 rings (SSSR count). The van der Waals surface area contributed by atoms with Gasteiger partial charge in [-0.2, -0.15) is 0 Å². The second kappa shape index (κ2) is 9.15. The molecule has 0 aromatic rings. The van der Waals surface area contributed by atoms with Crippen LogP contribution in [0.15, 0.2) is 36.7 Å². The van der Waals surface area contributed by atoms with E-state index in [9.17, 15) is 4.39 Å². The SMILES string of the molecule is C=C(F)/C=C\C(=C)CC.CC. The third-order valence-corrected chi connectivity index (χ3v) is 0.954. The molecule has 0 aliphatic heterocycles. The van der Waals surface area contributed by atoms with Crippen molar-refractivity contribution in [2.45, 2.75) is 27.2 Å². The van der Waals surface area contributed by atoms with E-state index >= 15 is 0 Å². The maximum atomic E-state index is 11.9. The van der Waals surface area contributed by atoms with Crippen LogP contribution in [-0.2, 0) is 0 Å². The van der Waals surface area contributed by atoms with Gasteiger partial charge in [-0.1, -0.05) is 45.6 Å². The first kappa shape index (κ1) is 12.8. The number of halogens is 1. The zero-order valence-corrected chi connectivity index (χ0v) is 7.65. The lowest BCUT2D eigenvalue weighted by Crippen LogP contribution is -1.68. The first-order valence-electron chi connectivity index (χ1n) is 3.87. The molecule has 0 radical (unpaired) electrons. The van der Waals surface area contributed by atoms with Gasteiger partial charge in [-0.05, 0) is 12.5 Å². The largest absolute Gasteiger partial charge is 0.208 e. The molecule has 0 aromatic carbocycles. The van der Waals surface area contributed by atoms with Crippen molar-refractivity contribution in [2.75, 3.05) is 0 Å². The van der Waals surface area contributed by atoms with E-state index in [1.807, 2.05) is 20.8 Å². The van der Waals surface area contributed by atoms with Crippen LogP contribution >= 0.6 is 0 Å². The summed E-state index contributed by atoms with van der Waals surface area (Å²) in [5.74, 6) is -0.426. The molecule has 0 bridgehead atoms. The first-order valence-corrected chi connectivity index (χ1v) is 3.87. The van der Waals surface area contributed by atoms with Crippen molar-refractivity contribution in [3.05, 3.63) is 36.7 Å². The highest BCUT2D eigenvalue weighted by atomic mass is 19.1. The van der Waals surface area contributed by atoms with E-state index in [0.29, 0.717) is 0 Å². The first-order chi connectivity index (χ1) is 5.16. The Morgan fingerprint density at radius 3 is 2.00 bits per heavy atom. The average molecular weight is 156 g/mol. The maximum Gasteiger partial charge on any atom is 0.116 e. The molecular formula is C10H17F. The molecular weight excluding hydrogens is 139 g/mol. The molecule has 0 spiro atoms. The van der Waals surface area contributed by atoms with E-state index in [1.54, 1.807) is 6.08 Å². The summed E-state index contributed by atoms with van der Waals surface area (Å²) in [6, 6.07) is 0. The summed E-state index contributed by atoms with van der Waals surface area (Å²) in [6.07, 6.45) is 3.79. The summed E-state index contributed by atoms with van der Waals surface area (Å²) >= 11 is 0. The number of rotatable bonds is 3. The van der Waals surface area contributed by atoms with Crippen molar-refractivity contribution >= 4 is 0 Å². The van der Waals surface area contributed by atoms with Gasteiger partial charge in [-0.15, -0.1) is 0 Å². The fourth-order valence-corrected chi connectivity index (χ4v) is 0.326. The molecule has 0 nitrogen and oxygen atoms in total. The standard InChI is InChI=1S/C8H11F.C2H6/c1-4-7(2)5-6-8(3)9;1-2/h5-6H,2-4H2,1H3;1-2H3/b6-5-;. The van der Waals surface area contributed by atoms with E-state index in [2.05, 4.69) is 13.2 Å². The van der Waals surface area contributed by atoms with Crippen LogP contribution in [0.4, 0.5) is 4.39 Å². The molecule has 0 atom stereocenters. The van der Waals surface area contributed by atoms with Gasteiger partial charge in [0, 0.05) is 0 Å². The summed E-state index contributed by atoms with van der Waals surface area (Å²) in [7, 11) is 0. The Hall–Kier alpha value is -0.850. The van der Waals surface area contributed by atoms with Crippen LogP contribution in [0.25, 0.3) is 0 Å². The van der Waals surface area contributed by atoms with Crippen LogP contribution in [0.5, 0.6) is 0 Å². The van der Waals surface area contributed by atoms with Gasteiger partial charge >= 0.3 is 0 Å². The Balaban J connectivity index is 0. The molecule has 0 amide bonds. The minimum absolute atomic E-state index is 0.426. The molecule has 0 saturated heterocycles. The Bertz CT molecular complexity index is 143. The van der Waals surface area contributed by atoms with Crippen LogP contribution in [0.1, 0.15) is 27.2 Å². The van der Waals surface area contributed by atoms with Crippen LogP contribution in [-0.4, -0.2) is 0 Å². The third-order valence-electron chi connectivity index (χ3n) is 0.954. The maximum absolute atomic E-state index is 11.9. The normalized spacial score (nSPS) is 8.73. The van der Waals surface area contributed by atoms with E-state index in [0.717, 1.165) is 12.0 Å². The van der Waals surface area contributed by atoms with Crippen LogP contribution in [0.3, 0.4) is 0 Å². The van der Waals surface area contributed by atoms with E-state index in [4.69, 9.17) is 0 Å². The van der Waals surface area contributed by atoms with Gasteiger partial charge in [-0.3, -0.25) is 0 Å². The molecule has 0 unspecified atom stereocenters. The lowest BCUT2D eigenvalue weighted by Gasteiger charge is -1.88. The van der Waals surface area contributed by atoms with Crippen molar-refractivity contribution in [1.82, 2.24) is 0 Å². The lowest BCUT2D eigenvalue weighted by atomic mass is 10.2. The zero-order chi connectivity index (χ0) is 9.28. The predicted octanol–water partition coefficient (Wildman–Crippen LogP) is 4.02. The Kier molecular flexibility index (Phi) is 10.6. The predicted molar refractivity (Wildman–Crippen MR) is 50.2 cm³/mol. The molecule has 0 fully saturated rings. The van der Waals surface area contributed by atoms with Gasteiger partial charge in [0.25, 0.3) is 0 Å². The molecule has 0 heterocycles. The smallest absolute Gasteiger partial charge is 0.116 e. The Labute approximate surface area is 69.1 Å². The summed E-state index contributed by atoms with van der Waals surface area (Å²) in [5.41, 5.74) is 0.911. The molecule has 0 aromatic heterocycles. The summed E-state index contributed by atoms with van der Waals surface area (Å²) < 4.78 is 11.9. The quantitative estimate of drug-likeness (QED) is 0.541. The second-order valence-electron chi connectivity index (χ2n) is 1.79. The lowest BCUT2D eigenvalue weighted by molar-refractivity contribution is 0.671. The van der Waals surface area contributed by atoms with Crippen molar-refractivity contribution in [3.63, 3.8) is 0 Å². The average Bonchev–Trinajstić information content (AvgIpc) is 2.04. The van der Waals surface area contributed by atoms with Gasteiger partial charge in [0.05, 0.1) is 0 Å². The molecule has 0 saturated carbocycles. The van der Waals surface area contributed by atoms with E-state index in [-0.39, 0.29) is 0 Å². The summed E-state index contributed by atoms with van der Waals surface area (Å²) in [5, 5.41) is 0. The highest BCUT2D eigenvalue weighted by Gasteiger charge is 1.81. The number of allylic oxidation sites excluding steroid dienone is 4. The van der Waals surface area contributed by atoms with Crippen molar-refractivity contribution < 1.29 is 4.39 Å². The van der Waals surface area contributed by atoms with E-state index in [1.165, 1.54) is 6.08 Å². The summed E-state index contributed by atoms with van der Waals surface area (Å²) in [4.78, 5) is 0. The molecule has 11 heavy (non-hydrogen) atoms. The molecule has 0 N–H and O–H groups in total. The van der Waals surface area contributed by atoms with Crippen LogP contribution in [0, 0.1) is 0 Å². The second-order valence-corrected chi connectivity index (χ2v) is 1.79. The van der Waals surface area contributed by atoms with Crippen LogP contribution in [0.2, 0.25) is 0 Å². The van der Waals surface area contributed by atoms with Gasteiger partial charge < -0.3 is 0 Å². The van der Waals surface area contributed by atoms with Gasteiger partial charge in [-0.25, -0.2) is 4.39 Å².